The molecule has 0 aliphatic carbocycles. The number of hydrogen-bond acceptors (Lipinski definition) is 3. The number of ether oxygens (including phenoxy) is 1. The molecule has 0 aliphatic rings. The van der Waals surface area contributed by atoms with E-state index in [2.05, 4.69) is 0 Å². The molecule has 0 bridgehead atoms. The molecule has 1 rings (SSSR count). The minimum Gasteiger partial charge on any atom is -0.480 e. The summed E-state index contributed by atoms with van der Waals surface area (Å²) in [5, 5.41) is 9.13. The normalized spacial score (nSPS) is 12.7. The number of benzene rings is 1. The van der Waals surface area contributed by atoms with Gasteiger partial charge in [0, 0.05) is 13.7 Å². The topological polar surface area (TPSA) is 49.8 Å². The van der Waals surface area contributed by atoms with Crippen molar-refractivity contribution in [1.82, 2.24) is 4.90 Å². The number of rotatable bonds is 7. The zero-order valence-electron chi connectivity index (χ0n) is 11.2. The van der Waals surface area contributed by atoms with Gasteiger partial charge in [-0.2, -0.15) is 0 Å². The number of carboxylic acid groups (broad SMARTS) is 1. The molecule has 0 spiro atoms. The predicted molar refractivity (Wildman–Crippen MR) is 70.3 cm³/mol. The van der Waals surface area contributed by atoms with Crippen molar-refractivity contribution in [1.29, 1.82) is 0 Å². The highest BCUT2D eigenvalue weighted by atomic mass is 16.5. The van der Waals surface area contributed by atoms with Gasteiger partial charge < -0.3 is 9.84 Å². The molecule has 100 valence electrons. The molecular weight excluding hydrogens is 230 g/mol. The Bertz CT molecular complexity index is 392. The van der Waals surface area contributed by atoms with E-state index in [0.717, 1.165) is 11.1 Å². The Balaban J connectivity index is 2.80. The predicted octanol–water partition coefficient (Wildman–Crippen LogP) is 2.13. The minimum absolute atomic E-state index is 0.444. The van der Waals surface area contributed by atoms with Crippen LogP contribution < -0.4 is 0 Å². The molecule has 4 heteroatoms. The van der Waals surface area contributed by atoms with Crippen molar-refractivity contribution in [3.8, 4) is 0 Å². The number of carbonyl (C=O) groups is 1. The molecule has 4 nitrogen and oxygen atoms in total. The third kappa shape index (κ3) is 3.82. The van der Waals surface area contributed by atoms with E-state index in [4.69, 9.17) is 9.84 Å². The third-order valence-electron chi connectivity index (χ3n) is 3.04. The Kier molecular flexibility index (Phi) is 5.82. The summed E-state index contributed by atoms with van der Waals surface area (Å²) >= 11 is 0. The summed E-state index contributed by atoms with van der Waals surface area (Å²) in [6.45, 7) is 3.05. The van der Waals surface area contributed by atoms with E-state index in [-0.39, 0.29) is 0 Å². The fourth-order valence-electron chi connectivity index (χ4n) is 2.06. The monoisotopic (exact) mass is 251 g/mol. The molecule has 0 saturated carbocycles. The largest absolute Gasteiger partial charge is 0.480 e. The van der Waals surface area contributed by atoms with Gasteiger partial charge in [0.25, 0.3) is 0 Å². The first-order chi connectivity index (χ1) is 8.60. The number of nitrogens with zero attached hydrogens (tertiary/aromatic N) is 1. The molecule has 0 heterocycles. The van der Waals surface area contributed by atoms with Crippen molar-refractivity contribution < 1.29 is 14.6 Å². The fourth-order valence-corrected chi connectivity index (χ4v) is 2.06. The van der Waals surface area contributed by atoms with Crippen molar-refractivity contribution in [2.75, 3.05) is 14.2 Å². The number of aliphatic carboxylic acids is 1. The Labute approximate surface area is 108 Å². The molecule has 0 aromatic heterocycles. The van der Waals surface area contributed by atoms with Crippen LogP contribution >= 0.6 is 0 Å². The Morgan fingerprint density at radius 2 is 2.00 bits per heavy atom. The van der Waals surface area contributed by atoms with Gasteiger partial charge in [0.15, 0.2) is 0 Å². The first kappa shape index (κ1) is 14.7. The summed E-state index contributed by atoms with van der Waals surface area (Å²) in [6.07, 6.45) is 0.596. The highest BCUT2D eigenvalue weighted by Gasteiger charge is 2.20. The molecule has 0 saturated heterocycles. The Hall–Kier alpha value is -1.39. The number of hydrogen-bond donors (Lipinski definition) is 1. The maximum absolute atomic E-state index is 11.1. The Morgan fingerprint density at radius 3 is 2.50 bits per heavy atom. The molecule has 1 aromatic carbocycles. The quantitative estimate of drug-likeness (QED) is 0.806. The van der Waals surface area contributed by atoms with Crippen molar-refractivity contribution >= 4 is 5.97 Å². The molecule has 18 heavy (non-hydrogen) atoms. The molecule has 0 aliphatic heterocycles. The van der Waals surface area contributed by atoms with Gasteiger partial charge in [0.1, 0.15) is 6.04 Å². The molecule has 1 N–H and O–H groups in total. The summed E-state index contributed by atoms with van der Waals surface area (Å²) < 4.78 is 5.15. The van der Waals surface area contributed by atoms with Crippen LogP contribution in [0.4, 0.5) is 0 Å². The van der Waals surface area contributed by atoms with Gasteiger partial charge >= 0.3 is 5.97 Å². The molecule has 1 unspecified atom stereocenters. The molecule has 0 amide bonds. The van der Waals surface area contributed by atoms with Crippen LogP contribution in [0.5, 0.6) is 0 Å². The number of likely N-dealkylation sites (N-methyl/N-ethyl adjacent to an activating group) is 1. The van der Waals surface area contributed by atoms with Crippen LogP contribution in [0, 0.1) is 0 Å². The maximum atomic E-state index is 11.1. The van der Waals surface area contributed by atoms with Crippen LogP contribution in [0.15, 0.2) is 24.3 Å². The summed E-state index contributed by atoms with van der Waals surface area (Å²) in [6, 6.07) is 7.50. The summed E-state index contributed by atoms with van der Waals surface area (Å²) in [5.41, 5.74) is 2.22. The van der Waals surface area contributed by atoms with E-state index in [1.54, 1.807) is 7.11 Å². The van der Waals surface area contributed by atoms with Crippen LogP contribution in [-0.4, -0.2) is 36.2 Å². The second-order valence-electron chi connectivity index (χ2n) is 4.38. The SMILES string of the molecule is CCC(C(=O)O)N(C)Cc1ccccc1COC. The van der Waals surface area contributed by atoms with E-state index in [1.807, 2.05) is 43.1 Å². The van der Waals surface area contributed by atoms with Gasteiger partial charge in [0.2, 0.25) is 0 Å². The smallest absolute Gasteiger partial charge is 0.320 e. The van der Waals surface area contributed by atoms with Crippen LogP contribution in [0.25, 0.3) is 0 Å². The lowest BCUT2D eigenvalue weighted by Gasteiger charge is -2.24. The van der Waals surface area contributed by atoms with Crippen LogP contribution in [0.1, 0.15) is 24.5 Å². The lowest BCUT2D eigenvalue weighted by atomic mass is 10.1. The van der Waals surface area contributed by atoms with Gasteiger partial charge in [0.05, 0.1) is 6.61 Å². The molecule has 0 fully saturated rings. The van der Waals surface area contributed by atoms with Crippen molar-refractivity contribution in [3.63, 3.8) is 0 Å². The molecular formula is C14H21NO3. The first-order valence-corrected chi connectivity index (χ1v) is 6.08. The summed E-state index contributed by atoms with van der Waals surface area (Å²) in [4.78, 5) is 13.0. The van der Waals surface area contributed by atoms with Crippen LogP contribution in [0.3, 0.4) is 0 Å². The lowest BCUT2D eigenvalue weighted by Crippen LogP contribution is -2.37. The average Bonchev–Trinajstić information content (AvgIpc) is 2.32. The molecule has 1 aromatic rings. The molecule has 1 atom stereocenters. The van der Waals surface area contributed by atoms with Gasteiger partial charge in [-0.3, -0.25) is 9.69 Å². The van der Waals surface area contributed by atoms with E-state index >= 15 is 0 Å². The van der Waals surface area contributed by atoms with Crippen molar-refractivity contribution in [2.45, 2.75) is 32.5 Å². The maximum Gasteiger partial charge on any atom is 0.320 e. The highest BCUT2D eigenvalue weighted by Crippen LogP contribution is 2.14. The van der Waals surface area contributed by atoms with Crippen LogP contribution in [0.2, 0.25) is 0 Å². The van der Waals surface area contributed by atoms with E-state index in [9.17, 15) is 4.79 Å². The zero-order chi connectivity index (χ0) is 13.5. The van der Waals surface area contributed by atoms with Gasteiger partial charge in [-0.15, -0.1) is 0 Å². The second-order valence-corrected chi connectivity index (χ2v) is 4.38. The van der Waals surface area contributed by atoms with Crippen molar-refractivity contribution in [2.24, 2.45) is 0 Å². The minimum atomic E-state index is -0.774. The van der Waals surface area contributed by atoms with Crippen molar-refractivity contribution in [3.05, 3.63) is 35.4 Å². The summed E-state index contributed by atoms with van der Waals surface area (Å²) in [7, 11) is 3.50. The second kappa shape index (κ2) is 7.13. The molecule has 0 radical (unpaired) electrons. The van der Waals surface area contributed by atoms with Crippen LogP contribution in [-0.2, 0) is 22.7 Å². The van der Waals surface area contributed by atoms with Gasteiger partial charge in [-0.25, -0.2) is 0 Å². The van der Waals surface area contributed by atoms with E-state index in [0.29, 0.717) is 19.6 Å². The standard InChI is InChI=1S/C14H21NO3/c1-4-13(14(16)17)15(2)9-11-7-5-6-8-12(11)10-18-3/h5-8,13H,4,9-10H2,1-3H3,(H,16,17). The van der Waals surface area contributed by atoms with Gasteiger partial charge in [-0.1, -0.05) is 31.2 Å². The Morgan fingerprint density at radius 1 is 1.39 bits per heavy atom. The average molecular weight is 251 g/mol. The first-order valence-electron chi connectivity index (χ1n) is 6.08. The number of carboxylic acids is 1. The van der Waals surface area contributed by atoms with E-state index < -0.39 is 12.0 Å². The lowest BCUT2D eigenvalue weighted by molar-refractivity contribution is -0.143. The van der Waals surface area contributed by atoms with E-state index in [1.165, 1.54) is 0 Å². The third-order valence-corrected chi connectivity index (χ3v) is 3.04. The fraction of sp³-hybridized carbons (Fsp3) is 0.500. The number of methoxy groups -OCH3 is 1. The zero-order valence-corrected chi connectivity index (χ0v) is 11.2. The summed E-state index contributed by atoms with van der Waals surface area (Å²) in [5.74, 6) is -0.774. The highest BCUT2D eigenvalue weighted by molar-refractivity contribution is 5.73. The van der Waals surface area contributed by atoms with Gasteiger partial charge in [-0.05, 0) is 24.6 Å².